The van der Waals surface area contributed by atoms with Crippen molar-refractivity contribution in [2.75, 3.05) is 6.54 Å². The summed E-state index contributed by atoms with van der Waals surface area (Å²) < 4.78 is 13.9. The number of rotatable bonds is 4. The van der Waals surface area contributed by atoms with Gasteiger partial charge in [-0.3, -0.25) is 4.79 Å². The Hall–Kier alpha value is -1.38. The highest BCUT2D eigenvalue weighted by molar-refractivity contribution is 5.95. The number of aryl methyl sites for hydroxylation is 1. The Labute approximate surface area is 101 Å². The molecule has 0 atom stereocenters. The van der Waals surface area contributed by atoms with E-state index < -0.39 is 0 Å². The van der Waals surface area contributed by atoms with Gasteiger partial charge in [0.25, 0.3) is 5.91 Å². The van der Waals surface area contributed by atoms with Crippen LogP contribution in [0.25, 0.3) is 0 Å². The number of amides is 1. The van der Waals surface area contributed by atoms with Gasteiger partial charge < -0.3 is 4.90 Å². The van der Waals surface area contributed by atoms with Crippen LogP contribution in [0.1, 0.15) is 42.1 Å². The molecule has 0 heterocycles. The normalized spacial score (nSPS) is 14.8. The van der Waals surface area contributed by atoms with E-state index in [9.17, 15) is 9.18 Å². The third kappa shape index (κ3) is 2.48. The maximum absolute atomic E-state index is 13.9. The summed E-state index contributed by atoms with van der Waals surface area (Å²) in [5, 5.41) is 0. The van der Waals surface area contributed by atoms with Crippen molar-refractivity contribution < 1.29 is 9.18 Å². The van der Waals surface area contributed by atoms with E-state index in [-0.39, 0.29) is 17.3 Å². The number of carbonyl (C=O) groups excluding carboxylic acids is 1. The van der Waals surface area contributed by atoms with Crippen LogP contribution in [0.2, 0.25) is 0 Å². The highest BCUT2D eigenvalue weighted by Gasteiger charge is 2.33. The van der Waals surface area contributed by atoms with Gasteiger partial charge in [-0.25, -0.2) is 4.39 Å². The molecule has 2 rings (SSSR count). The molecule has 0 radical (unpaired) electrons. The molecule has 1 aromatic carbocycles. The van der Waals surface area contributed by atoms with Crippen molar-refractivity contribution in [3.8, 4) is 0 Å². The first-order valence-corrected chi connectivity index (χ1v) is 6.21. The Morgan fingerprint density at radius 3 is 2.76 bits per heavy atom. The second-order valence-corrected chi connectivity index (χ2v) is 4.67. The average molecular weight is 235 g/mol. The predicted molar refractivity (Wildman–Crippen MR) is 65.5 cm³/mol. The lowest BCUT2D eigenvalue weighted by atomic mass is 10.1. The molecule has 0 spiro atoms. The number of nitrogens with zero attached hydrogens (tertiary/aromatic N) is 1. The molecule has 17 heavy (non-hydrogen) atoms. The first-order chi connectivity index (χ1) is 8.15. The SMILES string of the molecule is CCCN(C(=O)c1cccc(C)c1F)C1CC1. The third-order valence-corrected chi connectivity index (χ3v) is 3.14. The van der Waals surface area contributed by atoms with E-state index in [0.717, 1.165) is 25.8 Å². The third-order valence-electron chi connectivity index (χ3n) is 3.14. The fourth-order valence-electron chi connectivity index (χ4n) is 2.04. The van der Waals surface area contributed by atoms with Gasteiger partial charge in [-0.2, -0.15) is 0 Å². The van der Waals surface area contributed by atoms with Crippen LogP contribution in [-0.4, -0.2) is 23.4 Å². The summed E-state index contributed by atoms with van der Waals surface area (Å²) in [5.74, 6) is -0.533. The summed E-state index contributed by atoms with van der Waals surface area (Å²) in [5.41, 5.74) is 0.744. The second kappa shape index (κ2) is 4.86. The topological polar surface area (TPSA) is 20.3 Å². The molecule has 0 saturated heterocycles. The monoisotopic (exact) mass is 235 g/mol. The lowest BCUT2D eigenvalue weighted by Gasteiger charge is -2.22. The zero-order valence-corrected chi connectivity index (χ0v) is 10.4. The van der Waals surface area contributed by atoms with Gasteiger partial charge in [-0.15, -0.1) is 0 Å². The van der Waals surface area contributed by atoms with Crippen LogP contribution in [0.15, 0.2) is 18.2 Å². The lowest BCUT2D eigenvalue weighted by Crippen LogP contribution is -2.34. The van der Waals surface area contributed by atoms with Gasteiger partial charge in [0.1, 0.15) is 5.82 Å². The minimum Gasteiger partial charge on any atom is -0.336 e. The number of carbonyl (C=O) groups is 1. The molecule has 1 amide bonds. The summed E-state index contributed by atoms with van der Waals surface area (Å²) in [4.78, 5) is 14.1. The van der Waals surface area contributed by atoms with E-state index in [1.165, 1.54) is 0 Å². The van der Waals surface area contributed by atoms with Crippen molar-refractivity contribution in [2.24, 2.45) is 0 Å². The first kappa shape index (κ1) is 12.1. The van der Waals surface area contributed by atoms with Gasteiger partial charge in [-0.05, 0) is 37.8 Å². The molecule has 0 aliphatic heterocycles. The highest BCUT2D eigenvalue weighted by Crippen LogP contribution is 2.29. The summed E-state index contributed by atoms with van der Waals surface area (Å²) in [6.07, 6.45) is 3.02. The molecule has 0 aromatic heterocycles. The van der Waals surface area contributed by atoms with Crippen LogP contribution >= 0.6 is 0 Å². The largest absolute Gasteiger partial charge is 0.336 e. The van der Waals surface area contributed by atoms with Crippen molar-refractivity contribution in [3.05, 3.63) is 35.1 Å². The molecule has 1 fully saturated rings. The Morgan fingerprint density at radius 2 is 2.18 bits per heavy atom. The summed E-state index contributed by atoms with van der Waals surface area (Å²) in [6.45, 7) is 4.44. The zero-order chi connectivity index (χ0) is 12.4. The molecule has 2 nitrogen and oxygen atoms in total. The molecule has 1 saturated carbocycles. The molecule has 0 N–H and O–H groups in total. The summed E-state index contributed by atoms with van der Waals surface area (Å²) >= 11 is 0. The highest BCUT2D eigenvalue weighted by atomic mass is 19.1. The Bertz CT molecular complexity index is 426. The molecule has 0 unspecified atom stereocenters. The van der Waals surface area contributed by atoms with E-state index in [1.807, 2.05) is 11.8 Å². The van der Waals surface area contributed by atoms with Gasteiger partial charge in [0.15, 0.2) is 0 Å². The maximum atomic E-state index is 13.9. The number of hydrogen-bond acceptors (Lipinski definition) is 1. The van der Waals surface area contributed by atoms with E-state index in [2.05, 4.69) is 0 Å². The Morgan fingerprint density at radius 1 is 1.47 bits per heavy atom. The fourth-order valence-corrected chi connectivity index (χ4v) is 2.04. The van der Waals surface area contributed by atoms with Crippen LogP contribution in [0.5, 0.6) is 0 Å². The van der Waals surface area contributed by atoms with E-state index in [4.69, 9.17) is 0 Å². The summed E-state index contributed by atoms with van der Waals surface area (Å²) in [7, 11) is 0. The molecule has 1 aliphatic carbocycles. The summed E-state index contributed by atoms with van der Waals surface area (Å²) in [6, 6.07) is 5.34. The Balaban J connectivity index is 2.25. The zero-order valence-electron chi connectivity index (χ0n) is 10.4. The van der Waals surface area contributed by atoms with Crippen molar-refractivity contribution in [1.82, 2.24) is 4.90 Å². The van der Waals surface area contributed by atoms with Crippen LogP contribution < -0.4 is 0 Å². The minimum absolute atomic E-state index is 0.157. The standard InChI is InChI=1S/C14H18FNO/c1-3-9-16(11-7-8-11)14(17)12-6-4-5-10(2)13(12)15/h4-6,11H,3,7-9H2,1-2H3. The first-order valence-electron chi connectivity index (χ1n) is 6.21. The van der Waals surface area contributed by atoms with Crippen LogP contribution in [-0.2, 0) is 0 Å². The van der Waals surface area contributed by atoms with Gasteiger partial charge in [-0.1, -0.05) is 19.1 Å². The number of halogens is 1. The quantitative estimate of drug-likeness (QED) is 0.785. The van der Waals surface area contributed by atoms with Crippen LogP contribution in [0.4, 0.5) is 4.39 Å². The smallest absolute Gasteiger partial charge is 0.257 e. The minimum atomic E-state index is -0.376. The van der Waals surface area contributed by atoms with Crippen molar-refractivity contribution in [1.29, 1.82) is 0 Å². The molecular formula is C14H18FNO. The molecule has 92 valence electrons. The maximum Gasteiger partial charge on any atom is 0.257 e. The van der Waals surface area contributed by atoms with Crippen molar-refractivity contribution in [2.45, 2.75) is 39.2 Å². The van der Waals surface area contributed by atoms with Gasteiger partial charge in [0, 0.05) is 12.6 Å². The Kier molecular flexibility index (Phi) is 3.46. The molecular weight excluding hydrogens is 217 g/mol. The molecule has 1 aromatic rings. The van der Waals surface area contributed by atoms with Crippen molar-refractivity contribution in [3.63, 3.8) is 0 Å². The predicted octanol–water partition coefficient (Wildman–Crippen LogP) is 3.15. The lowest BCUT2D eigenvalue weighted by molar-refractivity contribution is 0.0738. The van der Waals surface area contributed by atoms with E-state index >= 15 is 0 Å². The number of benzene rings is 1. The van der Waals surface area contributed by atoms with Crippen LogP contribution in [0, 0.1) is 12.7 Å². The second-order valence-electron chi connectivity index (χ2n) is 4.67. The molecule has 0 bridgehead atoms. The fraction of sp³-hybridized carbons (Fsp3) is 0.500. The van der Waals surface area contributed by atoms with Gasteiger partial charge in [0.2, 0.25) is 0 Å². The number of hydrogen-bond donors (Lipinski definition) is 0. The van der Waals surface area contributed by atoms with E-state index in [1.54, 1.807) is 25.1 Å². The van der Waals surface area contributed by atoms with E-state index in [0.29, 0.717) is 11.6 Å². The van der Waals surface area contributed by atoms with Crippen molar-refractivity contribution >= 4 is 5.91 Å². The van der Waals surface area contributed by atoms with Gasteiger partial charge >= 0.3 is 0 Å². The molecule has 3 heteroatoms. The molecule has 1 aliphatic rings. The van der Waals surface area contributed by atoms with Crippen LogP contribution in [0.3, 0.4) is 0 Å². The average Bonchev–Trinajstić information content (AvgIpc) is 3.13. The van der Waals surface area contributed by atoms with Gasteiger partial charge in [0.05, 0.1) is 5.56 Å².